The quantitative estimate of drug-likeness (QED) is 0.850. The summed E-state index contributed by atoms with van der Waals surface area (Å²) in [4.78, 5) is 0.390. The zero-order valence-electron chi connectivity index (χ0n) is 12.3. The van der Waals surface area contributed by atoms with Crippen LogP contribution in [-0.4, -0.2) is 8.42 Å². The van der Waals surface area contributed by atoms with Crippen LogP contribution in [0.5, 0.6) is 0 Å². The molecule has 0 saturated heterocycles. The van der Waals surface area contributed by atoms with Gasteiger partial charge in [-0.15, -0.1) is 0 Å². The van der Waals surface area contributed by atoms with Gasteiger partial charge in [-0.05, 0) is 48.2 Å². The van der Waals surface area contributed by atoms with Crippen LogP contribution in [0.4, 0.5) is 11.4 Å². The molecule has 0 saturated carbocycles. The summed E-state index contributed by atoms with van der Waals surface area (Å²) in [6.07, 6.45) is 1.54. The molecule has 0 atom stereocenters. The first-order chi connectivity index (χ1) is 9.90. The predicted octanol–water partition coefficient (Wildman–Crippen LogP) is 2.81. The lowest BCUT2D eigenvalue weighted by Gasteiger charge is -2.10. The maximum absolute atomic E-state index is 12.6. The van der Waals surface area contributed by atoms with E-state index >= 15 is 0 Å². The van der Waals surface area contributed by atoms with E-state index in [4.69, 9.17) is 11.5 Å². The fourth-order valence-corrected chi connectivity index (χ4v) is 3.59. The summed E-state index contributed by atoms with van der Waals surface area (Å²) >= 11 is 0. The van der Waals surface area contributed by atoms with Crippen molar-refractivity contribution in [2.45, 2.75) is 36.5 Å². The molecule has 0 amide bonds. The zero-order chi connectivity index (χ0) is 15.6. The molecule has 4 nitrogen and oxygen atoms in total. The number of rotatable bonds is 4. The highest BCUT2D eigenvalue weighted by Gasteiger charge is 2.19. The zero-order valence-corrected chi connectivity index (χ0v) is 13.1. The number of benzene rings is 2. The maximum Gasteiger partial charge on any atom is 0.206 e. The molecule has 0 unspecified atom stereocenters. The van der Waals surface area contributed by atoms with E-state index in [1.807, 2.05) is 13.8 Å². The molecule has 4 N–H and O–H groups in total. The average Bonchev–Trinajstić information content (AvgIpc) is 2.47. The Morgan fingerprint density at radius 1 is 0.810 bits per heavy atom. The third kappa shape index (κ3) is 2.88. The van der Waals surface area contributed by atoms with E-state index in [0.717, 1.165) is 24.0 Å². The lowest BCUT2D eigenvalue weighted by molar-refractivity contribution is 0.596. The second-order valence-corrected chi connectivity index (χ2v) is 6.88. The molecule has 0 heterocycles. The van der Waals surface area contributed by atoms with Crippen LogP contribution >= 0.6 is 0 Å². The predicted molar refractivity (Wildman–Crippen MR) is 85.9 cm³/mol. The molecule has 2 aromatic carbocycles. The second-order valence-electron chi connectivity index (χ2n) is 4.93. The molecule has 2 rings (SSSR count). The number of sulfone groups is 1. The molecule has 0 spiro atoms. The van der Waals surface area contributed by atoms with Gasteiger partial charge in [0.2, 0.25) is 9.84 Å². The van der Waals surface area contributed by atoms with Crippen LogP contribution in [0.2, 0.25) is 0 Å². The summed E-state index contributed by atoms with van der Waals surface area (Å²) in [7, 11) is -3.59. The first-order valence-electron chi connectivity index (χ1n) is 6.92. The monoisotopic (exact) mass is 304 g/mol. The van der Waals surface area contributed by atoms with Gasteiger partial charge in [-0.1, -0.05) is 26.0 Å². The summed E-state index contributed by atoms with van der Waals surface area (Å²) < 4.78 is 25.3. The summed E-state index contributed by atoms with van der Waals surface area (Å²) in [6, 6.07) is 9.72. The van der Waals surface area contributed by atoms with Gasteiger partial charge in [0.15, 0.2) is 0 Å². The molecule has 2 aromatic rings. The largest absolute Gasteiger partial charge is 0.398 e. The maximum atomic E-state index is 12.6. The first kappa shape index (κ1) is 15.4. The fourth-order valence-electron chi connectivity index (χ4n) is 2.26. The Kier molecular flexibility index (Phi) is 4.23. The van der Waals surface area contributed by atoms with Crippen LogP contribution in [-0.2, 0) is 22.7 Å². The minimum absolute atomic E-state index is 0.195. The Bertz CT molecular complexity index is 708. The van der Waals surface area contributed by atoms with Crippen molar-refractivity contribution in [3.05, 3.63) is 47.5 Å². The molecule has 112 valence electrons. The van der Waals surface area contributed by atoms with Crippen molar-refractivity contribution in [1.82, 2.24) is 0 Å². The fraction of sp³-hybridized carbons (Fsp3) is 0.250. The summed E-state index contributed by atoms with van der Waals surface area (Å²) in [5.74, 6) is 0. The van der Waals surface area contributed by atoms with Crippen LogP contribution in [0, 0.1) is 0 Å². The van der Waals surface area contributed by atoms with Crippen molar-refractivity contribution < 1.29 is 8.42 Å². The highest BCUT2D eigenvalue weighted by molar-refractivity contribution is 7.91. The van der Waals surface area contributed by atoms with Crippen LogP contribution < -0.4 is 11.5 Å². The highest BCUT2D eigenvalue weighted by atomic mass is 32.2. The van der Waals surface area contributed by atoms with E-state index in [2.05, 4.69) is 0 Å². The van der Waals surface area contributed by atoms with E-state index in [0.29, 0.717) is 11.4 Å². The van der Waals surface area contributed by atoms with Crippen molar-refractivity contribution in [3.8, 4) is 0 Å². The summed E-state index contributed by atoms with van der Waals surface area (Å²) in [5.41, 5.74) is 14.7. The Balaban J connectivity index is 2.51. The van der Waals surface area contributed by atoms with Crippen molar-refractivity contribution >= 4 is 21.2 Å². The minimum atomic E-state index is -3.59. The van der Waals surface area contributed by atoms with E-state index in [1.165, 1.54) is 12.1 Å². The van der Waals surface area contributed by atoms with Gasteiger partial charge in [0.1, 0.15) is 0 Å². The van der Waals surface area contributed by atoms with Crippen LogP contribution in [0.15, 0.2) is 46.2 Å². The Morgan fingerprint density at radius 3 is 1.48 bits per heavy atom. The highest BCUT2D eigenvalue weighted by Crippen LogP contribution is 2.27. The topological polar surface area (TPSA) is 86.2 Å². The Hall–Kier alpha value is -2.01. The number of nitrogen functional groups attached to an aromatic ring is 2. The van der Waals surface area contributed by atoms with E-state index in [1.54, 1.807) is 24.3 Å². The number of hydrogen-bond acceptors (Lipinski definition) is 4. The van der Waals surface area contributed by atoms with Crippen molar-refractivity contribution in [3.63, 3.8) is 0 Å². The van der Waals surface area contributed by atoms with Gasteiger partial charge in [0.25, 0.3) is 0 Å². The molecular formula is C16H20N2O2S. The van der Waals surface area contributed by atoms with Crippen LogP contribution in [0.1, 0.15) is 25.0 Å². The van der Waals surface area contributed by atoms with E-state index in [-0.39, 0.29) is 9.79 Å². The molecule has 0 bridgehead atoms. The van der Waals surface area contributed by atoms with Crippen molar-refractivity contribution in [2.24, 2.45) is 0 Å². The lowest BCUT2D eigenvalue weighted by Crippen LogP contribution is -2.05. The summed E-state index contributed by atoms with van der Waals surface area (Å²) in [6.45, 7) is 3.95. The average molecular weight is 304 g/mol. The third-order valence-corrected chi connectivity index (χ3v) is 5.37. The number of nitrogens with two attached hydrogens (primary N) is 2. The normalized spacial score (nSPS) is 11.5. The minimum Gasteiger partial charge on any atom is -0.398 e. The van der Waals surface area contributed by atoms with Gasteiger partial charge in [-0.25, -0.2) is 8.42 Å². The standard InChI is InChI=1S/C16H20N2O2S/c1-3-11-5-7-13(9-15(11)17)21(19,20)14-8-6-12(4-2)16(18)10-14/h5-10H,3-4,17-18H2,1-2H3. The van der Waals surface area contributed by atoms with Crippen LogP contribution in [0.25, 0.3) is 0 Å². The Labute approximate surface area is 125 Å². The van der Waals surface area contributed by atoms with Gasteiger partial charge in [-0.3, -0.25) is 0 Å². The second kappa shape index (κ2) is 5.77. The molecule has 0 radical (unpaired) electrons. The Morgan fingerprint density at radius 2 is 1.19 bits per heavy atom. The molecular weight excluding hydrogens is 284 g/mol. The van der Waals surface area contributed by atoms with Gasteiger partial charge in [0, 0.05) is 11.4 Å². The number of anilines is 2. The molecule has 0 aliphatic rings. The molecule has 0 aliphatic heterocycles. The molecule has 0 aliphatic carbocycles. The van der Waals surface area contributed by atoms with E-state index in [9.17, 15) is 8.42 Å². The first-order valence-corrected chi connectivity index (χ1v) is 8.40. The third-order valence-electron chi connectivity index (χ3n) is 3.62. The summed E-state index contributed by atoms with van der Waals surface area (Å²) in [5, 5.41) is 0. The van der Waals surface area contributed by atoms with Gasteiger partial charge < -0.3 is 11.5 Å². The lowest BCUT2D eigenvalue weighted by atomic mass is 10.1. The van der Waals surface area contributed by atoms with Crippen molar-refractivity contribution in [1.29, 1.82) is 0 Å². The molecule has 0 fully saturated rings. The number of aryl methyl sites for hydroxylation is 2. The molecule has 5 heteroatoms. The van der Waals surface area contributed by atoms with Crippen LogP contribution in [0.3, 0.4) is 0 Å². The van der Waals surface area contributed by atoms with Gasteiger partial charge in [-0.2, -0.15) is 0 Å². The van der Waals surface area contributed by atoms with E-state index < -0.39 is 9.84 Å². The number of hydrogen-bond donors (Lipinski definition) is 2. The molecule has 21 heavy (non-hydrogen) atoms. The smallest absolute Gasteiger partial charge is 0.206 e. The molecule has 0 aromatic heterocycles. The SMILES string of the molecule is CCc1ccc(S(=O)(=O)c2ccc(CC)c(N)c2)cc1N. The van der Waals surface area contributed by atoms with Gasteiger partial charge in [0.05, 0.1) is 9.79 Å². The van der Waals surface area contributed by atoms with Gasteiger partial charge >= 0.3 is 0 Å². The van der Waals surface area contributed by atoms with Crippen molar-refractivity contribution in [2.75, 3.05) is 11.5 Å².